The SMILES string of the molecule is C=CCOC(=O)CCc1ccc(OC(=O)NCC)cc1. The summed E-state index contributed by atoms with van der Waals surface area (Å²) in [5.41, 5.74) is 0.976. The molecule has 5 nitrogen and oxygen atoms in total. The molecule has 0 fully saturated rings. The smallest absolute Gasteiger partial charge is 0.412 e. The summed E-state index contributed by atoms with van der Waals surface area (Å²) < 4.78 is 9.92. The average Bonchev–Trinajstić information content (AvgIpc) is 2.44. The van der Waals surface area contributed by atoms with Crippen LogP contribution in [0.5, 0.6) is 5.75 Å². The molecule has 0 saturated heterocycles. The zero-order valence-electron chi connectivity index (χ0n) is 11.6. The molecule has 1 aromatic carbocycles. The van der Waals surface area contributed by atoms with E-state index in [0.717, 1.165) is 5.56 Å². The third-order valence-electron chi connectivity index (χ3n) is 2.43. The van der Waals surface area contributed by atoms with Crippen LogP contribution in [-0.4, -0.2) is 25.2 Å². The van der Waals surface area contributed by atoms with Crippen LogP contribution in [0.4, 0.5) is 4.79 Å². The molecule has 0 aliphatic rings. The Balaban J connectivity index is 2.40. The number of aryl methyl sites for hydroxylation is 1. The summed E-state index contributed by atoms with van der Waals surface area (Å²) in [6, 6.07) is 7.02. The molecule has 0 saturated carbocycles. The summed E-state index contributed by atoms with van der Waals surface area (Å²) in [6.07, 6.45) is 1.95. The molecule has 0 unspecified atom stereocenters. The molecule has 0 atom stereocenters. The van der Waals surface area contributed by atoms with E-state index < -0.39 is 6.09 Å². The Morgan fingerprint density at radius 1 is 1.30 bits per heavy atom. The highest BCUT2D eigenvalue weighted by molar-refractivity contribution is 5.70. The molecule has 0 spiro atoms. The highest BCUT2D eigenvalue weighted by Gasteiger charge is 2.05. The van der Waals surface area contributed by atoms with E-state index in [4.69, 9.17) is 9.47 Å². The van der Waals surface area contributed by atoms with Crippen LogP contribution >= 0.6 is 0 Å². The van der Waals surface area contributed by atoms with Crippen molar-refractivity contribution in [1.29, 1.82) is 0 Å². The lowest BCUT2D eigenvalue weighted by molar-refractivity contribution is -0.142. The monoisotopic (exact) mass is 277 g/mol. The van der Waals surface area contributed by atoms with Gasteiger partial charge in [-0.05, 0) is 31.0 Å². The highest BCUT2D eigenvalue weighted by atomic mass is 16.6. The minimum absolute atomic E-state index is 0.234. The lowest BCUT2D eigenvalue weighted by atomic mass is 10.1. The van der Waals surface area contributed by atoms with E-state index in [1.807, 2.05) is 19.1 Å². The summed E-state index contributed by atoms with van der Waals surface area (Å²) >= 11 is 0. The number of amides is 1. The molecule has 1 amide bonds. The molecule has 0 bridgehead atoms. The second-order valence-corrected chi connectivity index (χ2v) is 4.04. The summed E-state index contributed by atoms with van der Waals surface area (Å²) in [5, 5.41) is 2.54. The minimum atomic E-state index is -0.478. The zero-order valence-corrected chi connectivity index (χ0v) is 11.6. The average molecular weight is 277 g/mol. The molecule has 1 N–H and O–H groups in total. The Labute approximate surface area is 118 Å². The van der Waals surface area contributed by atoms with E-state index in [1.165, 1.54) is 6.08 Å². The third-order valence-corrected chi connectivity index (χ3v) is 2.43. The number of hydrogen-bond donors (Lipinski definition) is 1. The molecule has 20 heavy (non-hydrogen) atoms. The Morgan fingerprint density at radius 3 is 2.60 bits per heavy atom. The summed E-state index contributed by atoms with van der Waals surface area (Å²) in [6.45, 7) is 6.04. The molecule has 5 heteroatoms. The van der Waals surface area contributed by atoms with Crippen molar-refractivity contribution in [3.05, 3.63) is 42.5 Å². The van der Waals surface area contributed by atoms with Gasteiger partial charge in [0, 0.05) is 13.0 Å². The lowest BCUT2D eigenvalue weighted by Gasteiger charge is -2.06. The molecule has 0 aliphatic heterocycles. The van der Waals surface area contributed by atoms with E-state index in [9.17, 15) is 9.59 Å². The van der Waals surface area contributed by atoms with Gasteiger partial charge in [0.2, 0.25) is 0 Å². The number of nitrogens with one attached hydrogen (secondary N) is 1. The largest absolute Gasteiger partial charge is 0.461 e. The number of ether oxygens (including phenoxy) is 2. The Bertz CT molecular complexity index is 453. The van der Waals surface area contributed by atoms with Crippen molar-refractivity contribution in [2.24, 2.45) is 0 Å². The first-order chi connectivity index (χ1) is 9.65. The van der Waals surface area contributed by atoms with Crippen LogP contribution in [0.2, 0.25) is 0 Å². The number of hydrogen-bond acceptors (Lipinski definition) is 4. The molecule has 108 valence electrons. The van der Waals surface area contributed by atoms with Gasteiger partial charge in [0.1, 0.15) is 12.4 Å². The number of esters is 1. The van der Waals surface area contributed by atoms with Crippen molar-refractivity contribution in [3.8, 4) is 5.75 Å². The number of benzene rings is 1. The quantitative estimate of drug-likeness (QED) is 0.614. The van der Waals surface area contributed by atoms with Crippen LogP contribution in [-0.2, 0) is 16.0 Å². The lowest BCUT2D eigenvalue weighted by Crippen LogP contribution is -2.26. The van der Waals surface area contributed by atoms with Gasteiger partial charge in [0.15, 0.2) is 0 Å². The van der Waals surface area contributed by atoms with E-state index in [0.29, 0.717) is 25.1 Å². The predicted octanol–water partition coefficient (Wildman–Crippen LogP) is 2.46. The topological polar surface area (TPSA) is 64.6 Å². The van der Waals surface area contributed by atoms with E-state index in [-0.39, 0.29) is 12.6 Å². The Hall–Kier alpha value is -2.30. The van der Waals surface area contributed by atoms with Crippen molar-refractivity contribution >= 4 is 12.1 Å². The van der Waals surface area contributed by atoms with Crippen molar-refractivity contribution in [2.75, 3.05) is 13.2 Å². The van der Waals surface area contributed by atoms with Crippen LogP contribution in [0.15, 0.2) is 36.9 Å². The normalized spacial score (nSPS) is 9.65. The molecular formula is C15H19NO4. The summed E-state index contributed by atoms with van der Waals surface area (Å²) in [5.74, 6) is 0.210. The van der Waals surface area contributed by atoms with Crippen molar-refractivity contribution in [2.45, 2.75) is 19.8 Å². The van der Waals surface area contributed by atoms with Crippen LogP contribution < -0.4 is 10.1 Å². The molecule has 1 rings (SSSR count). The number of rotatable bonds is 7. The van der Waals surface area contributed by atoms with Gasteiger partial charge in [0.25, 0.3) is 0 Å². The van der Waals surface area contributed by atoms with Crippen molar-refractivity contribution in [3.63, 3.8) is 0 Å². The van der Waals surface area contributed by atoms with Gasteiger partial charge < -0.3 is 14.8 Å². The van der Waals surface area contributed by atoms with Crippen LogP contribution in [0.1, 0.15) is 18.9 Å². The molecular weight excluding hydrogens is 258 g/mol. The van der Waals surface area contributed by atoms with Gasteiger partial charge in [-0.15, -0.1) is 0 Å². The molecule has 0 aromatic heterocycles. The van der Waals surface area contributed by atoms with E-state index in [1.54, 1.807) is 12.1 Å². The van der Waals surface area contributed by atoms with Gasteiger partial charge >= 0.3 is 12.1 Å². The fourth-order valence-corrected chi connectivity index (χ4v) is 1.48. The van der Waals surface area contributed by atoms with E-state index >= 15 is 0 Å². The second kappa shape index (κ2) is 8.74. The number of carbonyl (C=O) groups is 2. The van der Waals surface area contributed by atoms with Gasteiger partial charge in [0.05, 0.1) is 0 Å². The fourth-order valence-electron chi connectivity index (χ4n) is 1.48. The van der Waals surface area contributed by atoms with Gasteiger partial charge in [-0.1, -0.05) is 24.8 Å². The molecule has 1 aromatic rings. The fraction of sp³-hybridized carbons (Fsp3) is 0.333. The number of carbonyl (C=O) groups excluding carboxylic acids is 2. The Kier molecular flexibility index (Phi) is 6.89. The van der Waals surface area contributed by atoms with Gasteiger partial charge in [-0.25, -0.2) is 4.79 Å². The first-order valence-electron chi connectivity index (χ1n) is 6.46. The minimum Gasteiger partial charge on any atom is -0.461 e. The third kappa shape index (κ3) is 6.04. The van der Waals surface area contributed by atoms with Crippen molar-refractivity contribution < 1.29 is 19.1 Å². The summed E-state index contributed by atoms with van der Waals surface area (Å²) in [7, 11) is 0. The van der Waals surface area contributed by atoms with Crippen LogP contribution in [0.25, 0.3) is 0 Å². The van der Waals surface area contributed by atoms with E-state index in [2.05, 4.69) is 11.9 Å². The van der Waals surface area contributed by atoms with Crippen molar-refractivity contribution in [1.82, 2.24) is 5.32 Å². The standard InChI is InChI=1S/C15H19NO4/c1-3-11-19-14(17)10-7-12-5-8-13(9-6-12)20-15(18)16-4-2/h3,5-6,8-9H,1,4,7,10-11H2,2H3,(H,16,18). The maximum Gasteiger partial charge on any atom is 0.412 e. The van der Waals surface area contributed by atoms with Gasteiger partial charge in [-0.2, -0.15) is 0 Å². The first kappa shape index (κ1) is 15.8. The zero-order chi connectivity index (χ0) is 14.8. The Morgan fingerprint density at radius 2 is 2.00 bits per heavy atom. The first-order valence-corrected chi connectivity index (χ1v) is 6.46. The van der Waals surface area contributed by atoms with Gasteiger partial charge in [-0.3, -0.25) is 4.79 Å². The van der Waals surface area contributed by atoms with Crippen LogP contribution in [0.3, 0.4) is 0 Å². The highest BCUT2D eigenvalue weighted by Crippen LogP contribution is 2.13. The summed E-state index contributed by atoms with van der Waals surface area (Å²) in [4.78, 5) is 22.5. The maximum absolute atomic E-state index is 11.3. The predicted molar refractivity (Wildman–Crippen MR) is 75.6 cm³/mol. The molecule has 0 aliphatic carbocycles. The molecule has 0 radical (unpaired) electrons. The second-order valence-electron chi connectivity index (χ2n) is 4.04. The molecule has 0 heterocycles. The van der Waals surface area contributed by atoms with Crippen LogP contribution in [0, 0.1) is 0 Å². The maximum atomic E-state index is 11.3.